The largest absolute Gasteiger partial charge is 0.467 e. The number of halogens is 2. The average Bonchev–Trinajstić information content (AvgIpc) is 2.17. The van der Waals surface area contributed by atoms with Gasteiger partial charge in [0.15, 0.2) is 6.79 Å². The first-order valence-corrected chi connectivity index (χ1v) is 7.25. The highest BCUT2D eigenvalue weighted by atomic mass is 35.7. The summed E-state index contributed by atoms with van der Waals surface area (Å²) in [5, 5.41) is 0.345. The number of hydrogen-bond donors (Lipinski definition) is 0. The Labute approximate surface area is 102 Å². The van der Waals surface area contributed by atoms with Crippen LogP contribution < -0.4 is 4.74 Å². The van der Waals surface area contributed by atoms with Crippen molar-refractivity contribution in [3.05, 3.63) is 28.3 Å². The van der Waals surface area contributed by atoms with Gasteiger partial charge in [-0.05, 0) is 17.7 Å². The summed E-state index contributed by atoms with van der Waals surface area (Å²) < 4.78 is 32.2. The van der Waals surface area contributed by atoms with Crippen LogP contribution in [0.5, 0.6) is 5.75 Å². The lowest BCUT2D eigenvalue weighted by Crippen LogP contribution is -2.12. The lowest BCUT2D eigenvalue weighted by atomic mass is 10.1. The highest BCUT2D eigenvalue weighted by Gasteiger charge is 2.17. The first kappa shape index (κ1) is 12.0. The van der Waals surface area contributed by atoms with Crippen LogP contribution >= 0.6 is 22.3 Å². The van der Waals surface area contributed by atoms with E-state index in [1.54, 1.807) is 12.1 Å². The van der Waals surface area contributed by atoms with Gasteiger partial charge in [-0.15, -0.1) is 0 Å². The van der Waals surface area contributed by atoms with E-state index in [0.29, 0.717) is 22.9 Å². The van der Waals surface area contributed by atoms with E-state index >= 15 is 0 Å². The van der Waals surface area contributed by atoms with Gasteiger partial charge in [0.05, 0.1) is 12.4 Å². The number of hydrogen-bond acceptors (Lipinski definition) is 4. The van der Waals surface area contributed by atoms with Crippen molar-refractivity contribution in [3.63, 3.8) is 0 Å². The Morgan fingerprint density at radius 3 is 2.81 bits per heavy atom. The van der Waals surface area contributed by atoms with Gasteiger partial charge in [0, 0.05) is 21.3 Å². The fourth-order valence-corrected chi connectivity index (χ4v) is 2.73. The van der Waals surface area contributed by atoms with Gasteiger partial charge in [-0.3, -0.25) is 0 Å². The van der Waals surface area contributed by atoms with Crippen LogP contribution in [0.25, 0.3) is 0 Å². The third kappa shape index (κ3) is 2.79. The average molecular weight is 283 g/mol. The third-order valence-corrected chi connectivity index (χ3v) is 3.45. The quantitative estimate of drug-likeness (QED) is 0.781. The van der Waals surface area contributed by atoms with Crippen molar-refractivity contribution < 1.29 is 17.9 Å². The molecule has 0 aromatic heterocycles. The molecule has 0 radical (unpaired) electrons. The highest BCUT2D eigenvalue weighted by molar-refractivity contribution is 8.13. The molecule has 0 saturated carbocycles. The molecule has 0 aliphatic carbocycles. The molecule has 0 fully saturated rings. The Morgan fingerprint density at radius 1 is 1.38 bits per heavy atom. The number of ether oxygens (including phenoxy) is 2. The Kier molecular flexibility index (Phi) is 3.30. The van der Waals surface area contributed by atoms with E-state index in [-0.39, 0.29) is 12.5 Å². The minimum atomic E-state index is -3.63. The third-order valence-electron chi connectivity index (χ3n) is 2.11. The minimum absolute atomic E-state index is 0.154. The van der Waals surface area contributed by atoms with Gasteiger partial charge in [0.2, 0.25) is 9.05 Å². The SMILES string of the molecule is O=S(=O)(Cl)Cc1cc2c(cc1Cl)COCO2. The Hall–Kier alpha value is -0.490. The van der Waals surface area contributed by atoms with Crippen LogP contribution in [0.1, 0.15) is 11.1 Å². The molecule has 1 aliphatic rings. The van der Waals surface area contributed by atoms with Crippen molar-refractivity contribution in [3.8, 4) is 5.75 Å². The predicted octanol–water partition coefficient (Wildman–Crippen LogP) is 2.28. The van der Waals surface area contributed by atoms with E-state index in [1.165, 1.54) is 0 Å². The van der Waals surface area contributed by atoms with Crippen molar-refractivity contribution in [1.29, 1.82) is 0 Å². The van der Waals surface area contributed by atoms with E-state index in [9.17, 15) is 8.42 Å². The molecule has 1 aromatic rings. The summed E-state index contributed by atoms with van der Waals surface area (Å²) in [6.45, 7) is 0.560. The molecule has 16 heavy (non-hydrogen) atoms. The van der Waals surface area contributed by atoms with Crippen LogP contribution in [-0.4, -0.2) is 15.2 Å². The van der Waals surface area contributed by atoms with Crippen LogP contribution in [0.3, 0.4) is 0 Å². The first-order chi connectivity index (χ1) is 7.46. The molecule has 1 heterocycles. The summed E-state index contributed by atoms with van der Waals surface area (Å²) in [5.41, 5.74) is 1.23. The molecule has 7 heteroatoms. The smallest absolute Gasteiger partial charge is 0.236 e. The molecule has 0 atom stereocenters. The molecule has 0 unspecified atom stereocenters. The van der Waals surface area contributed by atoms with E-state index < -0.39 is 9.05 Å². The van der Waals surface area contributed by atoms with Gasteiger partial charge in [-0.1, -0.05) is 11.6 Å². The van der Waals surface area contributed by atoms with Crippen molar-refractivity contribution in [2.24, 2.45) is 0 Å². The number of rotatable bonds is 2. The Morgan fingerprint density at radius 2 is 2.12 bits per heavy atom. The van der Waals surface area contributed by atoms with Gasteiger partial charge in [0.1, 0.15) is 5.75 Å². The number of benzene rings is 1. The van der Waals surface area contributed by atoms with Crippen LogP contribution in [-0.2, 0) is 26.1 Å². The second-order valence-electron chi connectivity index (χ2n) is 3.35. The summed E-state index contributed by atoms with van der Waals surface area (Å²) >= 11 is 5.93. The molecule has 1 aliphatic heterocycles. The van der Waals surface area contributed by atoms with Crippen LogP contribution in [0, 0.1) is 0 Å². The maximum absolute atomic E-state index is 11.0. The van der Waals surface area contributed by atoms with E-state index in [2.05, 4.69) is 0 Å². The lowest BCUT2D eigenvalue weighted by Gasteiger charge is -2.18. The monoisotopic (exact) mass is 282 g/mol. The normalized spacial score (nSPS) is 15.4. The second-order valence-corrected chi connectivity index (χ2v) is 6.53. The van der Waals surface area contributed by atoms with Crippen molar-refractivity contribution in [1.82, 2.24) is 0 Å². The van der Waals surface area contributed by atoms with Crippen molar-refractivity contribution in [2.45, 2.75) is 12.4 Å². The fourth-order valence-electron chi connectivity index (χ4n) is 1.44. The zero-order chi connectivity index (χ0) is 11.8. The van der Waals surface area contributed by atoms with E-state index in [4.69, 9.17) is 31.8 Å². The van der Waals surface area contributed by atoms with Gasteiger partial charge in [-0.2, -0.15) is 0 Å². The summed E-state index contributed by atoms with van der Waals surface area (Å²) in [6.07, 6.45) is 0. The standard InChI is InChI=1S/C9H8Cl2O4S/c10-8-1-6-3-14-5-15-9(6)2-7(8)4-16(11,12)13/h1-2H,3-5H2. The highest BCUT2D eigenvalue weighted by Crippen LogP contribution is 2.31. The predicted molar refractivity (Wildman–Crippen MR) is 60.2 cm³/mol. The number of fused-ring (bicyclic) bond motifs is 1. The molecule has 0 amide bonds. The Bertz CT molecular complexity index is 512. The summed E-state index contributed by atoms with van der Waals surface area (Å²) in [6, 6.07) is 3.22. The van der Waals surface area contributed by atoms with Crippen molar-refractivity contribution in [2.75, 3.05) is 6.79 Å². The first-order valence-electron chi connectivity index (χ1n) is 4.40. The van der Waals surface area contributed by atoms with Crippen LogP contribution in [0.15, 0.2) is 12.1 Å². The summed E-state index contributed by atoms with van der Waals surface area (Å²) in [5.74, 6) is 0.274. The van der Waals surface area contributed by atoms with Gasteiger partial charge >= 0.3 is 0 Å². The molecular formula is C9H8Cl2O4S. The van der Waals surface area contributed by atoms with Gasteiger partial charge < -0.3 is 9.47 Å². The molecule has 0 spiro atoms. The van der Waals surface area contributed by atoms with E-state index in [0.717, 1.165) is 5.56 Å². The summed E-state index contributed by atoms with van der Waals surface area (Å²) in [4.78, 5) is 0. The maximum atomic E-state index is 11.0. The van der Waals surface area contributed by atoms with Crippen molar-refractivity contribution >= 4 is 31.3 Å². The summed E-state index contributed by atoms with van der Waals surface area (Å²) in [7, 11) is 1.55. The molecule has 1 aromatic carbocycles. The molecule has 0 N–H and O–H groups in total. The van der Waals surface area contributed by atoms with Gasteiger partial charge in [-0.25, -0.2) is 8.42 Å². The topological polar surface area (TPSA) is 52.6 Å². The minimum Gasteiger partial charge on any atom is -0.467 e. The Balaban J connectivity index is 2.40. The molecule has 2 rings (SSSR count). The fraction of sp³-hybridized carbons (Fsp3) is 0.333. The zero-order valence-corrected chi connectivity index (χ0v) is 10.4. The molecule has 0 saturated heterocycles. The van der Waals surface area contributed by atoms with Crippen LogP contribution in [0.2, 0.25) is 5.02 Å². The lowest BCUT2D eigenvalue weighted by molar-refractivity contribution is -0.0164. The molecule has 4 nitrogen and oxygen atoms in total. The van der Waals surface area contributed by atoms with Gasteiger partial charge in [0.25, 0.3) is 0 Å². The molecular weight excluding hydrogens is 275 g/mol. The van der Waals surface area contributed by atoms with Crippen LogP contribution in [0.4, 0.5) is 0 Å². The van der Waals surface area contributed by atoms with E-state index in [1.807, 2.05) is 0 Å². The maximum Gasteiger partial charge on any atom is 0.236 e. The zero-order valence-electron chi connectivity index (χ0n) is 8.07. The second kappa shape index (κ2) is 4.41. The molecule has 0 bridgehead atoms. The molecule has 88 valence electrons.